The van der Waals surface area contributed by atoms with E-state index >= 15 is 0 Å². The molecule has 0 aliphatic heterocycles. The Morgan fingerprint density at radius 2 is 0.731 bits per heavy atom. The Bertz CT molecular complexity index is 267. The largest absolute Gasteiger partial charge is 0.508 e. The van der Waals surface area contributed by atoms with E-state index in [1.54, 1.807) is 0 Å². The van der Waals surface area contributed by atoms with Crippen LogP contribution in [0.4, 0.5) is 14.4 Å². The van der Waals surface area contributed by atoms with Crippen LogP contribution in [-0.4, -0.2) is 101 Å². The van der Waals surface area contributed by atoms with Crippen molar-refractivity contribution in [3.05, 3.63) is 0 Å². The monoisotopic (exact) mass is 406 g/mol. The number of ether oxygens (including phenoxy) is 4. The van der Waals surface area contributed by atoms with Crippen LogP contribution in [0.1, 0.15) is 53.4 Å². The van der Waals surface area contributed by atoms with Crippen LogP contribution in [0.25, 0.3) is 0 Å². The normalized spacial score (nSPS) is 7.85. The smallest absolute Gasteiger partial charge is 0.450 e. The van der Waals surface area contributed by atoms with Crippen molar-refractivity contribution in [2.45, 2.75) is 53.4 Å². The first-order chi connectivity index (χ1) is 11.3. The van der Waals surface area contributed by atoms with Gasteiger partial charge in [-0.2, -0.15) is 0 Å². The van der Waals surface area contributed by atoms with Gasteiger partial charge in [0.25, 0.3) is 0 Å². The number of carbonyl (C=O) groups is 3. The zero-order chi connectivity index (χ0) is 19.2. The van der Waals surface area contributed by atoms with Crippen molar-refractivity contribution in [1.29, 1.82) is 0 Å². The lowest BCUT2D eigenvalue weighted by Crippen LogP contribution is -2.08. The molecular formula is C15H34Mg2O9. The highest BCUT2D eigenvalue weighted by Crippen LogP contribution is 1.89. The number of carbonyl (C=O) groups excluding carboxylic acids is 2. The van der Waals surface area contributed by atoms with E-state index in [2.05, 4.69) is 18.9 Å². The number of hydrogen-bond donors (Lipinski definition) is 2. The molecule has 11 heteroatoms. The maximum absolute atomic E-state index is 10.5. The van der Waals surface area contributed by atoms with E-state index in [0.29, 0.717) is 26.4 Å². The van der Waals surface area contributed by atoms with Crippen molar-refractivity contribution in [3.8, 4) is 0 Å². The van der Waals surface area contributed by atoms with Gasteiger partial charge in [0, 0.05) is 0 Å². The molecular weight excluding hydrogens is 373 g/mol. The molecule has 0 amide bonds. The van der Waals surface area contributed by atoms with Gasteiger partial charge in [0.1, 0.15) is 0 Å². The molecule has 0 unspecified atom stereocenters. The highest BCUT2D eigenvalue weighted by atomic mass is 24.3. The maximum Gasteiger partial charge on any atom is 0.508 e. The third-order valence-electron chi connectivity index (χ3n) is 1.70. The third kappa shape index (κ3) is 49.5. The van der Waals surface area contributed by atoms with Crippen LogP contribution in [0.5, 0.6) is 0 Å². The topological polar surface area (TPSA) is 129 Å². The van der Waals surface area contributed by atoms with Gasteiger partial charge in [0.2, 0.25) is 0 Å². The van der Waals surface area contributed by atoms with Crippen LogP contribution in [0.3, 0.4) is 0 Å². The highest BCUT2D eigenvalue weighted by molar-refractivity contribution is 5.76. The second-order valence-electron chi connectivity index (χ2n) is 4.18. The molecule has 0 aliphatic carbocycles. The number of rotatable bonds is 8. The molecule has 0 aromatic rings. The summed E-state index contributed by atoms with van der Waals surface area (Å²) in [6, 6.07) is 0. The SMILES string of the molecule is CCCOC(=O)OCCC.CCCOC(=O)OCCC.O=C(O)O.[MgH2].[MgH2]. The average Bonchev–Trinajstić information content (AvgIpc) is 2.54. The van der Waals surface area contributed by atoms with Crippen molar-refractivity contribution in [2.75, 3.05) is 26.4 Å². The summed E-state index contributed by atoms with van der Waals surface area (Å²) in [5.74, 6) is 0. The number of hydrogen-bond acceptors (Lipinski definition) is 7. The molecule has 26 heavy (non-hydrogen) atoms. The summed E-state index contributed by atoms with van der Waals surface area (Å²) in [4.78, 5) is 29.6. The fourth-order valence-electron chi connectivity index (χ4n) is 0.825. The van der Waals surface area contributed by atoms with Gasteiger partial charge in [-0.1, -0.05) is 27.7 Å². The molecule has 2 N–H and O–H groups in total. The van der Waals surface area contributed by atoms with Crippen molar-refractivity contribution in [3.63, 3.8) is 0 Å². The van der Waals surface area contributed by atoms with Crippen LogP contribution in [0.15, 0.2) is 0 Å². The molecule has 152 valence electrons. The molecule has 0 fully saturated rings. The number of carboxylic acid groups (broad SMARTS) is 2. The van der Waals surface area contributed by atoms with Crippen LogP contribution in [0.2, 0.25) is 0 Å². The summed E-state index contributed by atoms with van der Waals surface area (Å²) < 4.78 is 18.5. The molecule has 0 aromatic heterocycles. The van der Waals surface area contributed by atoms with E-state index in [0.717, 1.165) is 25.7 Å². The average molecular weight is 407 g/mol. The predicted molar refractivity (Wildman–Crippen MR) is 104 cm³/mol. The second-order valence-corrected chi connectivity index (χ2v) is 4.18. The molecule has 0 bridgehead atoms. The standard InChI is InChI=1S/2C7H14O3.CH2O3.2Mg.4H/c2*1-3-5-9-7(8)10-6-4-2;2-1(3)4;;;;;;/h2*3-6H2,1-2H3;(H2,2,3,4);;;;;;. The summed E-state index contributed by atoms with van der Waals surface area (Å²) >= 11 is 0. The van der Waals surface area contributed by atoms with E-state index < -0.39 is 18.5 Å². The van der Waals surface area contributed by atoms with Crippen molar-refractivity contribution in [1.82, 2.24) is 0 Å². The highest BCUT2D eigenvalue weighted by Gasteiger charge is 2.00. The minimum absolute atomic E-state index is 0. The summed E-state index contributed by atoms with van der Waals surface area (Å²) in [6.07, 6.45) is 0.401. The molecule has 9 nitrogen and oxygen atoms in total. The Balaban J connectivity index is -0.0000000883. The Hall–Kier alpha value is -0.658. The summed E-state index contributed by atoms with van der Waals surface area (Å²) in [7, 11) is 0. The van der Waals surface area contributed by atoms with E-state index in [1.165, 1.54) is 0 Å². The van der Waals surface area contributed by atoms with Gasteiger partial charge in [0.05, 0.1) is 26.4 Å². The summed E-state index contributed by atoms with van der Waals surface area (Å²) in [6.45, 7) is 9.54. The maximum atomic E-state index is 10.5. The first kappa shape index (κ1) is 36.3. The van der Waals surface area contributed by atoms with Crippen molar-refractivity contribution >= 4 is 64.6 Å². The third-order valence-corrected chi connectivity index (χ3v) is 1.70. The van der Waals surface area contributed by atoms with Gasteiger partial charge in [-0.3, -0.25) is 0 Å². The van der Waals surface area contributed by atoms with Gasteiger partial charge < -0.3 is 29.2 Å². The fraction of sp³-hybridized carbons (Fsp3) is 0.800. The Morgan fingerprint density at radius 3 is 0.846 bits per heavy atom. The van der Waals surface area contributed by atoms with Gasteiger partial charge in [-0.25, -0.2) is 14.4 Å². The Morgan fingerprint density at radius 1 is 0.577 bits per heavy atom. The van der Waals surface area contributed by atoms with E-state index in [1.807, 2.05) is 27.7 Å². The molecule has 0 radical (unpaired) electrons. The van der Waals surface area contributed by atoms with Crippen LogP contribution in [0, 0.1) is 0 Å². The first-order valence-electron chi connectivity index (χ1n) is 7.86. The zero-order valence-corrected chi connectivity index (χ0v) is 14.9. The van der Waals surface area contributed by atoms with E-state index in [4.69, 9.17) is 15.0 Å². The molecule has 0 saturated carbocycles. The fourth-order valence-corrected chi connectivity index (χ4v) is 0.825. The quantitative estimate of drug-likeness (QED) is 0.460. The Labute approximate surface area is 187 Å². The molecule has 0 aliphatic rings. The minimum atomic E-state index is -1.83. The lowest BCUT2D eigenvalue weighted by atomic mass is 10.5. The van der Waals surface area contributed by atoms with Crippen LogP contribution in [-0.2, 0) is 18.9 Å². The van der Waals surface area contributed by atoms with Gasteiger partial charge >= 0.3 is 64.6 Å². The minimum Gasteiger partial charge on any atom is -0.450 e. The summed E-state index contributed by atoms with van der Waals surface area (Å²) in [5, 5.41) is 13.9. The van der Waals surface area contributed by atoms with Gasteiger partial charge in [-0.05, 0) is 25.7 Å². The zero-order valence-electron chi connectivity index (χ0n) is 14.9. The molecule has 0 heterocycles. The molecule has 0 atom stereocenters. The molecule has 0 aromatic carbocycles. The lowest BCUT2D eigenvalue weighted by molar-refractivity contribution is 0.0545. The van der Waals surface area contributed by atoms with E-state index in [9.17, 15) is 9.59 Å². The van der Waals surface area contributed by atoms with Gasteiger partial charge in [0.15, 0.2) is 0 Å². The first-order valence-corrected chi connectivity index (χ1v) is 7.86. The van der Waals surface area contributed by atoms with Gasteiger partial charge in [-0.15, -0.1) is 0 Å². The van der Waals surface area contributed by atoms with E-state index in [-0.39, 0.29) is 46.1 Å². The van der Waals surface area contributed by atoms with Crippen LogP contribution >= 0.6 is 0 Å². The molecule has 0 saturated heterocycles. The molecule has 0 rings (SSSR count). The molecule has 0 spiro atoms. The predicted octanol–water partition coefficient (Wildman–Crippen LogP) is 2.31. The summed E-state index contributed by atoms with van der Waals surface area (Å²) in [5.41, 5.74) is 0. The Kier molecular flexibility index (Phi) is 44.7. The second kappa shape index (κ2) is 32.1. The van der Waals surface area contributed by atoms with Crippen LogP contribution < -0.4 is 0 Å². The van der Waals surface area contributed by atoms with Crippen molar-refractivity contribution in [2.24, 2.45) is 0 Å². The van der Waals surface area contributed by atoms with Crippen molar-refractivity contribution < 1.29 is 43.5 Å². The lowest BCUT2D eigenvalue weighted by Gasteiger charge is -2.02.